The van der Waals surface area contributed by atoms with Gasteiger partial charge < -0.3 is 4.90 Å². The van der Waals surface area contributed by atoms with Gasteiger partial charge in [0.15, 0.2) is 5.17 Å². The molecule has 0 heterocycles. The molecule has 1 aromatic carbocycles. The molecule has 5 heteroatoms. The zero-order valence-corrected chi connectivity index (χ0v) is 12.0. The SMILES string of the molecule is CSC(=Nc1ccc(F)cc1)N(C)C.I. The number of hydrogen-bond acceptors (Lipinski definition) is 2. The quantitative estimate of drug-likeness (QED) is 0.443. The predicted octanol–water partition coefficient (Wildman–Crippen LogP) is 3.36. The Morgan fingerprint density at radius 3 is 2.20 bits per heavy atom. The second kappa shape index (κ2) is 7.05. The predicted molar refractivity (Wildman–Crippen MR) is 76.1 cm³/mol. The van der Waals surface area contributed by atoms with Crippen LogP contribution in [0.2, 0.25) is 0 Å². The summed E-state index contributed by atoms with van der Waals surface area (Å²) >= 11 is 1.56. The first-order valence-electron chi connectivity index (χ1n) is 4.19. The fourth-order valence-corrected chi connectivity index (χ4v) is 1.52. The van der Waals surface area contributed by atoms with Crippen LogP contribution in [0.1, 0.15) is 0 Å². The van der Waals surface area contributed by atoms with Crippen LogP contribution in [0.4, 0.5) is 10.1 Å². The first-order chi connectivity index (χ1) is 6.63. The van der Waals surface area contributed by atoms with Crippen LogP contribution in [0.25, 0.3) is 0 Å². The molecule has 0 unspecified atom stereocenters. The van der Waals surface area contributed by atoms with Gasteiger partial charge in [-0.15, -0.1) is 24.0 Å². The van der Waals surface area contributed by atoms with Gasteiger partial charge >= 0.3 is 0 Å². The maximum atomic E-state index is 12.6. The molecule has 0 amide bonds. The third-order valence-electron chi connectivity index (χ3n) is 1.62. The largest absolute Gasteiger partial charge is 0.357 e. The zero-order valence-electron chi connectivity index (χ0n) is 8.90. The molecular formula is C10H14FIN2S. The molecule has 2 nitrogen and oxygen atoms in total. The molecule has 15 heavy (non-hydrogen) atoms. The molecular weight excluding hydrogens is 326 g/mol. The van der Waals surface area contributed by atoms with E-state index in [9.17, 15) is 4.39 Å². The molecule has 1 rings (SSSR count). The molecule has 84 valence electrons. The Balaban J connectivity index is 0.00000196. The van der Waals surface area contributed by atoms with E-state index >= 15 is 0 Å². The average molecular weight is 340 g/mol. The van der Waals surface area contributed by atoms with Gasteiger partial charge in [-0.3, -0.25) is 0 Å². The number of nitrogens with zero attached hydrogens (tertiary/aromatic N) is 2. The van der Waals surface area contributed by atoms with Crippen molar-refractivity contribution in [3.05, 3.63) is 30.1 Å². The Morgan fingerprint density at radius 1 is 1.27 bits per heavy atom. The molecule has 0 aromatic heterocycles. The van der Waals surface area contributed by atoms with E-state index in [4.69, 9.17) is 0 Å². The van der Waals surface area contributed by atoms with Gasteiger partial charge in [-0.25, -0.2) is 9.38 Å². The number of rotatable bonds is 1. The number of aliphatic imine (C=N–C) groups is 1. The van der Waals surface area contributed by atoms with E-state index in [-0.39, 0.29) is 29.8 Å². The third-order valence-corrected chi connectivity index (χ3v) is 2.44. The number of halogens is 2. The van der Waals surface area contributed by atoms with Crippen molar-refractivity contribution in [2.24, 2.45) is 4.99 Å². The summed E-state index contributed by atoms with van der Waals surface area (Å²) in [6, 6.07) is 6.14. The van der Waals surface area contributed by atoms with Gasteiger partial charge in [-0.05, 0) is 30.5 Å². The van der Waals surface area contributed by atoms with Crippen molar-refractivity contribution >= 4 is 46.6 Å². The summed E-state index contributed by atoms with van der Waals surface area (Å²) in [5.74, 6) is -0.237. The summed E-state index contributed by atoms with van der Waals surface area (Å²) < 4.78 is 12.6. The lowest BCUT2D eigenvalue weighted by atomic mass is 10.3. The maximum absolute atomic E-state index is 12.6. The highest BCUT2D eigenvalue weighted by molar-refractivity contribution is 14.0. The summed E-state index contributed by atoms with van der Waals surface area (Å²) in [5, 5.41) is 0.900. The molecule has 0 fully saturated rings. The normalized spacial score (nSPS) is 10.8. The van der Waals surface area contributed by atoms with Crippen LogP contribution in [0.3, 0.4) is 0 Å². The lowest BCUT2D eigenvalue weighted by Gasteiger charge is -2.12. The molecule has 0 radical (unpaired) electrons. The number of benzene rings is 1. The van der Waals surface area contributed by atoms with E-state index in [1.807, 2.05) is 25.3 Å². The second-order valence-corrected chi connectivity index (χ2v) is 3.74. The average Bonchev–Trinajstić information content (AvgIpc) is 2.16. The standard InChI is InChI=1S/C10H13FN2S.HI/c1-13(2)10(14-3)12-9-6-4-8(11)5-7-9;/h4-7H,1-3H3;1H. The van der Waals surface area contributed by atoms with Crippen LogP contribution in [-0.2, 0) is 0 Å². The second-order valence-electron chi connectivity index (χ2n) is 2.97. The zero-order chi connectivity index (χ0) is 10.6. The van der Waals surface area contributed by atoms with Crippen molar-refractivity contribution in [3.63, 3.8) is 0 Å². The van der Waals surface area contributed by atoms with Crippen LogP contribution in [-0.4, -0.2) is 30.4 Å². The molecule has 1 aromatic rings. The Kier molecular flexibility index (Phi) is 6.91. The highest BCUT2D eigenvalue weighted by Gasteiger charge is 1.99. The van der Waals surface area contributed by atoms with Crippen molar-refractivity contribution in [1.29, 1.82) is 0 Å². The first kappa shape index (κ1) is 14.7. The highest BCUT2D eigenvalue weighted by atomic mass is 127. The molecule has 0 atom stereocenters. The smallest absolute Gasteiger partial charge is 0.163 e. The molecule has 0 aliphatic rings. The Bertz CT molecular complexity index is 325. The minimum absolute atomic E-state index is 0. The third kappa shape index (κ3) is 4.83. The fraction of sp³-hybridized carbons (Fsp3) is 0.300. The first-order valence-corrected chi connectivity index (χ1v) is 5.41. The molecule has 0 N–H and O–H groups in total. The van der Waals surface area contributed by atoms with Crippen molar-refractivity contribution in [3.8, 4) is 0 Å². The van der Waals surface area contributed by atoms with Gasteiger partial charge in [0, 0.05) is 14.1 Å². The van der Waals surface area contributed by atoms with Crippen molar-refractivity contribution in [2.75, 3.05) is 20.4 Å². The minimum atomic E-state index is -0.237. The molecule has 0 aliphatic carbocycles. The summed E-state index contributed by atoms with van der Waals surface area (Å²) in [6.45, 7) is 0. The molecule has 0 saturated carbocycles. The number of hydrogen-bond donors (Lipinski definition) is 0. The van der Waals surface area contributed by atoms with E-state index in [1.54, 1.807) is 23.9 Å². The van der Waals surface area contributed by atoms with Crippen LogP contribution in [0.5, 0.6) is 0 Å². The number of thioether (sulfide) groups is 1. The lowest BCUT2D eigenvalue weighted by Crippen LogP contribution is -2.17. The van der Waals surface area contributed by atoms with Crippen LogP contribution in [0.15, 0.2) is 29.3 Å². The molecule has 0 spiro atoms. The van der Waals surface area contributed by atoms with E-state index < -0.39 is 0 Å². The van der Waals surface area contributed by atoms with Crippen molar-refractivity contribution in [2.45, 2.75) is 0 Å². The van der Waals surface area contributed by atoms with Crippen LogP contribution >= 0.6 is 35.7 Å². The molecule has 0 bridgehead atoms. The Hall–Kier alpha value is -0.300. The Labute approximate surface area is 111 Å². The van der Waals surface area contributed by atoms with Gasteiger partial charge in [0.05, 0.1) is 5.69 Å². The maximum Gasteiger partial charge on any atom is 0.163 e. The summed E-state index contributed by atoms with van der Waals surface area (Å²) in [5.41, 5.74) is 0.768. The lowest BCUT2D eigenvalue weighted by molar-refractivity contribution is 0.627. The minimum Gasteiger partial charge on any atom is -0.357 e. The summed E-state index contributed by atoms with van der Waals surface area (Å²) in [4.78, 5) is 6.28. The monoisotopic (exact) mass is 340 g/mol. The van der Waals surface area contributed by atoms with E-state index in [2.05, 4.69) is 4.99 Å². The summed E-state index contributed by atoms with van der Waals surface area (Å²) in [7, 11) is 3.86. The van der Waals surface area contributed by atoms with Gasteiger partial charge in [-0.2, -0.15) is 0 Å². The van der Waals surface area contributed by atoms with Crippen LogP contribution in [0, 0.1) is 5.82 Å². The van der Waals surface area contributed by atoms with Crippen LogP contribution < -0.4 is 0 Å². The highest BCUT2D eigenvalue weighted by Crippen LogP contribution is 2.15. The molecule has 0 saturated heterocycles. The summed E-state index contributed by atoms with van der Waals surface area (Å²) in [6.07, 6.45) is 1.96. The van der Waals surface area contributed by atoms with E-state index in [0.29, 0.717) is 0 Å². The van der Waals surface area contributed by atoms with Gasteiger partial charge in [-0.1, -0.05) is 11.8 Å². The topological polar surface area (TPSA) is 15.6 Å². The van der Waals surface area contributed by atoms with Gasteiger partial charge in [0.25, 0.3) is 0 Å². The van der Waals surface area contributed by atoms with E-state index in [0.717, 1.165) is 10.9 Å². The van der Waals surface area contributed by atoms with Crippen molar-refractivity contribution in [1.82, 2.24) is 4.90 Å². The van der Waals surface area contributed by atoms with Gasteiger partial charge in [0.2, 0.25) is 0 Å². The van der Waals surface area contributed by atoms with E-state index in [1.165, 1.54) is 12.1 Å². The Morgan fingerprint density at radius 2 is 1.80 bits per heavy atom. The number of amidine groups is 1. The van der Waals surface area contributed by atoms with Crippen molar-refractivity contribution < 1.29 is 4.39 Å². The fourth-order valence-electron chi connectivity index (χ4n) is 0.954. The van der Waals surface area contributed by atoms with Gasteiger partial charge in [0.1, 0.15) is 5.82 Å². The molecule has 0 aliphatic heterocycles.